The molecule has 41 heavy (non-hydrogen) atoms. The molecule has 5 rings (SSSR count). The van der Waals surface area contributed by atoms with Crippen molar-refractivity contribution < 1.29 is 26.3 Å². The van der Waals surface area contributed by atoms with E-state index in [0.29, 0.717) is 52.4 Å². The number of methoxy groups -OCH3 is 1. The average molecular weight is 628 g/mol. The number of piperidine rings is 1. The Bertz CT molecular complexity index is 1600. The summed E-state index contributed by atoms with van der Waals surface area (Å²) in [5.74, 6) is 0.745. The largest absolute Gasteiger partial charge is 0.495 e. The first-order valence-corrected chi connectivity index (χ1v) is 17.2. The molecule has 0 unspecified atom stereocenters. The summed E-state index contributed by atoms with van der Waals surface area (Å²) in [5, 5.41) is 7.00. The second kappa shape index (κ2) is 12.3. The Hall–Kier alpha value is -2.69. The number of aromatic nitrogens is 3. The molecule has 2 aliphatic heterocycles. The highest BCUT2D eigenvalue weighted by Crippen LogP contribution is 2.34. The Labute approximate surface area is 244 Å². The molecule has 0 atom stereocenters. The van der Waals surface area contributed by atoms with E-state index in [4.69, 9.17) is 21.1 Å². The minimum absolute atomic E-state index is 0.0854. The van der Waals surface area contributed by atoms with Crippen LogP contribution in [0.15, 0.2) is 29.3 Å². The zero-order chi connectivity index (χ0) is 29.2. The van der Waals surface area contributed by atoms with E-state index in [1.807, 2.05) is 0 Å². The number of rotatable bonds is 10. The molecule has 1 aromatic carbocycles. The number of fused-ring (bicyclic) bond motifs is 1. The van der Waals surface area contributed by atoms with Crippen LogP contribution < -0.4 is 15.4 Å². The lowest BCUT2D eigenvalue weighted by Gasteiger charge is -2.39. The summed E-state index contributed by atoms with van der Waals surface area (Å²) in [6.45, 7) is 4.24. The van der Waals surface area contributed by atoms with Crippen molar-refractivity contribution in [2.24, 2.45) is 0 Å². The standard InChI is InChI=1S/C25H34ClN7O6S2/c1-38-21-15-18(41(36,37)33-8-5-17(6-9-33)32-10-12-39-13-11-32)3-4-20(21)29-25-30-23(27-7-14-40(2,34)35)22-19(26)16-28-24(22)31-25/h3-4,15-17H,5-14H2,1-2H3,(H3,27,28,29,30,31). The van der Waals surface area contributed by atoms with Crippen LogP contribution in [0.3, 0.4) is 0 Å². The van der Waals surface area contributed by atoms with Gasteiger partial charge in [-0.1, -0.05) is 11.6 Å². The quantitative estimate of drug-likeness (QED) is 0.303. The number of benzene rings is 1. The fraction of sp³-hybridized carbons (Fsp3) is 0.520. The number of morpholine rings is 1. The maximum Gasteiger partial charge on any atom is 0.243 e. The molecule has 0 bridgehead atoms. The van der Waals surface area contributed by atoms with Gasteiger partial charge in [-0.15, -0.1) is 0 Å². The minimum Gasteiger partial charge on any atom is -0.495 e. The van der Waals surface area contributed by atoms with E-state index in [1.54, 1.807) is 12.3 Å². The average Bonchev–Trinajstić information content (AvgIpc) is 3.33. The molecule has 0 aliphatic carbocycles. The maximum absolute atomic E-state index is 13.5. The van der Waals surface area contributed by atoms with E-state index in [-0.39, 0.29) is 23.1 Å². The molecule has 0 radical (unpaired) electrons. The van der Waals surface area contributed by atoms with E-state index in [0.717, 1.165) is 45.4 Å². The Balaban J connectivity index is 1.33. The number of nitrogens with one attached hydrogen (secondary N) is 3. The van der Waals surface area contributed by atoms with E-state index in [9.17, 15) is 16.8 Å². The van der Waals surface area contributed by atoms with Crippen molar-refractivity contribution in [3.05, 3.63) is 29.4 Å². The van der Waals surface area contributed by atoms with Gasteiger partial charge in [-0.05, 0) is 25.0 Å². The van der Waals surface area contributed by atoms with Crippen LogP contribution in [0, 0.1) is 0 Å². The lowest BCUT2D eigenvalue weighted by atomic mass is 10.0. The summed E-state index contributed by atoms with van der Waals surface area (Å²) < 4.78 is 62.7. The third-order valence-electron chi connectivity index (χ3n) is 7.29. The van der Waals surface area contributed by atoms with Crippen LogP contribution in [-0.4, -0.2) is 112 Å². The summed E-state index contributed by atoms with van der Waals surface area (Å²) >= 11 is 6.30. The molecule has 3 N–H and O–H groups in total. The summed E-state index contributed by atoms with van der Waals surface area (Å²) in [4.78, 5) is 14.5. The first kappa shape index (κ1) is 29.8. The lowest BCUT2D eigenvalue weighted by molar-refractivity contribution is 0.00610. The molecule has 0 saturated carbocycles. The highest BCUT2D eigenvalue weighted by molar-refractivity contribution is 7.90. The normalized spacial score (nSPS) is 18.0. The number of sulfonamides is 1. The van der Waals surface area contributed by atoms with Gasteiger partial charge in [-0.2, -0.15) is 14.3 Å². The number of H-pyrrole nitrogens is 1. The Kier molecular flexibility index (Phi) is 8.92. The number of halogens is 1. The monoisotopic (exact) mass is 627 g/mol. The van der Waals surface area contributed by atoms with Crippen molar-refractivity contribution in [1.82, 2.24) is 24.2 Å². The summed E-state index contributed by atoms with van der Waals surface area (Å²) in [5.41, 5.74) is 0.893. The second-order valence-electron chi connectivity index (χ2n) is 10.1. The van der Waals surface area contributed by atoms with E-state index < -0.39 is 19.9 Å². The Morgan fingerprint density at radius 2 is 1.85 bits per heavy atom. The molecule has 4 heterocycles. The number of ether oxygens (including phenoxy) is 2. The number of anilines is 3. The molecule has 13 nitrogen and oxygen atoms in total. The van der Waals surface area contributed by atoms with Gasteiger partial charge in [0.2, 0.25) is 16.0 Å². The number of hydrogen-bond donors (Lipinski definition) is 3. The molecule has 2 saturated heterocycles. The predicted octanol–water partition coefficient (Wildman–Crippen LogP) is 2.31. The van der Waals surface area contributed by atoms with E-state index in [2.05, 4.69) is 30.5 Å². The van der Waals surface area contributed by atoms with Gasteiger partial charge in [-0.3, -0.25) is 4.90 Å². The molecule has 2 aromatic heterocycles. The van der Waals surface area contributed by atoms with Crippen molar-refractivity contribution in [2.75, 3.05) is 75.7 Å². The van der Waals surface area contributed by atoms with Crippen LogP contribution in [0.25, 0.3) is 11.0 Å². The van der Waals surface area contributed by atoms with Crippen LogP contribution >= 0.6 is 11.6 Å². The van der Waals surface area contributed by atoms with Crippen LogP contribution in [0.1, 0.15) is 12.8 Å². The summed E-state index contributed by atoms with van der Waals surface area (Å²) in [6.07, 6.45) is 4.28. The highest BCUT2D eigenvalue weighted by Gasteiger charge is 2.32. The zero-order valence-corrected chi connectivity index (χ0v) is 25.3. The minimum atomic E-state index is -3.72. The van der Waals surface area contributed by atoms with Crippen molar-refractivity contribution in [3.63, 3.8) is 0 Å². The van der Waals surface area contributed by atoms with Crippen molar-refractivity contribution >= 4 is 59.9 Å². The number of hydrogen-bond acceptors (Lipinski definition) is 11. The topological polar surface area (TPSA) is 159 Å². The van der Waals surface area contributed by atoms with Gasteiger partial charge in [0, 0.05) is 57.3 Å². The Morgan fingerprint density at radius 1 is 1.12 bits per heavy atom. The Morgan fingerprint density at radius 3 is 2.54 bits per heavy atom. The number of aromatic amines is 1. The predicted molar refractivity (Wildman–Crippen MR) is 158 cm³/mol. The van der Waals surface area contributed by atoms with Gasteiger partial charge in [-0.25, -0.2) is 16.8 Å². The third-order valence-corrected chi connectivity index (χ3v) is 10.4. The molecule has 0 spiro atoms. The lowest BCUT2D eigenvalue weighted by Crippen LogP contribution is -2.50. The molecule has 0 amide bonds. The fourth-order valence-electron chi connectivity index (χ4n) is 5.13. The van der Waals surface area contributed by atoms with Gasteiger partial charge in [0.05, 0.1) is 47.1 Å². The molecule has 2 aliphatic rings. The fourth-order valence-corrected chi connectivity index (χ4v) is 7.32. The first-order chi connectivity index (χ1) is 19.5. The zero-order valence-electron chi connectivity index (χ0n) is 22.9. The van der Waals surface area contributed by atoms with Gasteiger partial charge in [0.25, 0.3) is 0 Å². The van der Waals surface area contributed by atoms with E-state index in [1.165, 1.54) is 23.5 Å². The van der Waals surface area contributed by atoms with Crippen LogP contribution in [-0.2, 0) is 24.6 Å². The van der Waals surface area contributed by atoms with Crippen LogP contribution in [0.5, 0.6) is 5.75 Å². The van der Waals surface area contributed by atoms with Crippen molar-refractivity contribution in [1.29, 1.82) is 0 Å². The van der Waals surface area contributed by atoms with Gasteiger partial charge < -0.3 is 25.1 Å². The number of nitrogens with zero attached hydrogens (tertiary/aromatic N) is 4. The number of sulfone groups is 1. The first-order valence-electron chi connectivity index (χ1n) is 13.3. The molecule has 2 fully saturated rings. The third kappa shape index (κ3) is 6.87. The van der Waals surface area contributed by atoms with Crippen LogP contribution in [0.4, 0.5) is 17.5 Å². The second-order valence-corrected chi connectivity index (χ2v) is 14.7. The smallest absolute Gasteiger partial charge is 0.243 e. The van der Waals surface area contributed by atoms with Gasteiger partial charge in [0.1, 0.15) is 27.1 Å². The van der Waals surface area contributed by atoms with Crippen molar-refractivity contribution in [2.45, 2.75) is 23.8 Å². The van der Waals surface area contributed by atoms with E-state index >= 15 is 0 Å². The van der Waals surface area contributed by atoms with Gasteiger partial charge in [0.15, 0.2) is 0 Å². The molecule has 16 heteroatoms. The van der Waals surface area contributed by atoms with Crippen molar-refractivity contribution in [3.8, 4) is 5.75 Å². The molecular formula is C25H34ClN7O6S2. The van der Waals surface area contributed by atoms with Gasteiger partial charge >= 0.3 is 0 Å². The summed E-state index contributed by atoms with van der Waals surface area (Å²) in [7, 11) is -5.45. The van der Waals surface area contributed by atoms with Crippen LogP contribution in [0.2, 0.25) is 5.02 Å². The molecule has 3 aromatic rings. The molecule has 224 valence electrons. The SMILES string of the molecule is COc1cc(S(=O)(=O)N2CCC(N3CCOCC3)CC2)ccc1Nc1nc(NCCS(C)(=O)=O)c2c(Cl)c[nH]c2n1. The maximum atomic E-state index is 13.5. The summed E-state index contributed by atoms with van der Waals surface area (Å²) in [6, 6.07) is 4.99. The molecular weight excluding hydrogens is 594 g/mol. The highest BCUT2D eigenvalue weighted by atomic mass is 35.5.